The molecule has 0 aromatic carbocycles. The Labute approximate surface area is 177 Å². The molecule has 8 nitrogen and oxygen atoms in total. The Morgan fingerprint density at radius 2 is 1.97 bits per heavy atom. The van der Waals surface area contributed by atoms with E-state index < -0.39 is 0 Å². The van der Waals surface area contributed by atoms with Crippen LogP contribution in [0.4, 0.5) is 17.6 Å². The van der Waals surface area contributed by atoms with Gasteiger partial charge in [0, 0.05) is 37.0 Å². The molecule has 1 atom stereocenters. The highest BCUT2D eigenvalue weighted by Crippen LogP contribution is 2.33. The molecule has 5 rings (SSSR count). The number of aromatic amines is 1. The van der Waals surface area contributed by atoms with Crippen LogP contribution in [0.5, 0.6) is 0 Å². The van der Waals surface area contributed by atoms with Gasteiger partial charge in [-0.15, -0.1) is 0 Å². The van der Waals surface area contributed by atoms with Crippen LogP contribution in [0.2, 0.25) is 0 Å². The van der Waals surface area contributed by atoms with E-state index in [0.717, 1.165) is 87.6 Å². The Bertz CT molecular complexity index is 932. The van der Waals surface area contributed by atoms with Crippen molar-refractivity contribution in [3.63, 3.8) is 0 Å². The lowest BCUT2D eigenvalue weighted by Crippen LogP contribution is -2.45. The fourth-order valence-corrected chi connectivity index (χ4v) is 4.88. The summed E-state index contributed by atoms with van der Waals surface area (Å²) in [6, 6.07) is 1.91. The van der Waals surface area contributed by atoms with Crippen molar-refractivity contribution >= 4 is 23.5 Å². The van der Waals surface area contributed by atoms with Crippen molar-refractivity contribution in [2.75, 3.05) is 29.9 Å². The van der Waals surface area contributed by atoms with Crippen LogP contribution >= 0.6 is 0 Å². The Morgan fingerprint density at radius 1 is 1.13 bits per heavy atom. The number of nitrogens with one attached hydrogen (secondary N) is 2. The molecule has 2 saturated heterocycles. The summed E-state index contributed by atoms with van der Waals surface area (Å²) in [5.41, 5.74) is 3.40. The van der Waals surface area contributed by atoms with Crippen molar-refractivity contribution in [2.45, 2.75) is 70.8 Å². The zero-order chi connectivity index (χ0) is 20.7. The van der Waals surface area contributed by atoms with Crippen LogP contribution in [0.25, 0.3) is 0 Å². The molecule has 1 aliphatic carbocycles. The molecule has 0 radical (unpaired) electrons. The number of fused-ring (bicyclic) bond motifs is 1. The van der Waals surface area contributed by atoms with E-state index in [1.807, 2.05) is 11.0 Å². The largest absolute Gasteiger partial charge is 0.341 e. The average molecular weight is 410 g/mol. The van der Waals surface area contributed by atoms with E-state index in [0.29, 0.717) is 11.9 Å². The molecule has 0 bridgehead atoms. The van der Waals surface area contributed by atoms with Gasteiger partial charge in [-0.05, 0) is 50.9 Å². The van der Waals surface area contributed by atoms with Gasteiger partial charge >= 0.3 is 0 Å². The average Bonchev–Trinajstić information content (AvgIpc) is 3.54. The van der Waals surface area contributed by atoms with Crippen molar-refractivity contribution in [2.24, 2.45) is 0 Å². The summed E-state index contributed by atoms with van der Waals surface area (Å²) in [4.78, 5) is 27.1. The van der Waals surface area contributed by atoms with Gasteiger partial charge in [0.05, 0.1) is 5.69 Å². The van der Waals surface area contributed by atoms with Crippen LogP contribution in [0.15, 0.2) is 6.07 Å². The molecule has 8 heteroatoms. The number of carbonyl (C=O) groups is 1. The second kappa shape index (κ2) is 7.89. The summed E-state index contributed by atoms with van der Waals surface area (Å²) in [5.74, 6) is 2.95. The maximum Gasteiger partial charge on any atom is 0.245 e. The van der Waals surface area contributed by atoms with Crippen LogP contribution in [0, 0.1) is 0 Å². The number of carbonyl (C=O) groups excluding carboxylic acids is 1. The van der Waals surface area contributed by atoms with Gasteiger partial charge < -0.3 is 15.1 Å². The van der Waals surface area contributed by atoms with Gasteiger partial charge in [0.15, 0.2) is 5.82 Å². The van der Waals surface area contributed by atoms with Gasteiger partial charge in [-0.1, -0.05) is 13.8 Å². The molecule has 0 unspecified atom stereocenters. The van der Waals surface area contributed by atoms with Crippen molar-refractivity contribution < 1.29 is 4.79 Å². The summed E-state index contributed by atoms with van der Waals surface area (Å²) < 4.78 is 0. The van der Waals surface area contributed by atoms with Crippen LogP contribution in [0.3, 0.4) is 0 Å². The predicted molar refractivity (Wildman–Crippen MR) is 116 cm³/mol. The highest BCUT2D eigenvalue weighted by Gasteiger charge is 2.37. The molecular formula is C22H31N7O. The number of aromatic nitrogens is 4. The van der Waals surface area contributed by atoms with E-state index in [9.17, 15) is 4.79 Å². The van der Waals surface area contributed by atoms with E-state index in [4.69, 9.17) is 9.97 Å². The molecule has 2 N–H and O–H groups in total. The maximum absolute atomic E-state index is 13.1. The molecule has 2 aromatic rings. The maximum atomic E-state index is 13.1. The summed E-state index contributed by atoms with van der Waals surface area (Å²) in [6.45, 7) is 6.89. The van der Waals surface area contributed by atoms with Gasteiger partial charge in [-0.2, -0.15) is 10.1 Å². The zero-order valence-corrected chi connectivity index (χ0v) is 17.9. The number of amides is 1. The van der Waals surface area contributed by atoms with Gasteiger partial charge in [0.25, 0.3) is 0 Å². The van der Waals surface area contributed by atoms with Gasteiger partial charge in [0.2, 0.25) is 11.9 Å². The molecular weight excluding hydrogens is 378 g/mol. The molecule has 0 saturated carbocycles. The topological polar surface area (TPSA) is 90.0 Å². The molecule has 30 heavy (non-hydrogen) atoms. The summed E-state index contributed by atoms with van der Waals surface area (Å²) in [7, 11) is 0. The monoisotopic (exact) mass is 409 g/mol. The summed E-state index contributed by atoms with van der Waals surface area (Å²) in [5, 5.41) is 10.9. The summed E-state index contributed by atoms with van der Waals surface area (Å²) in [6.07, 6.45) is 7.16. The van der Waals surface area contributed by atoms with Gasteiger partial charge in [-0.25, -0.2) is 4.98 Å². The number of nitrogens with zero attached hydrogens (tertiary/aromatic N) is 5. The smallest absolute Gasteiger partial charge is 0.245 e. The lowest BCUT2D eigenvalue weighted by atomic mass is 10.1. The predicted octanol–water partition coefficient (Wildman–Crippen LogP) is 3.15. The molecule has 4 heterocycles. The van der Waals surface area contributed by atoms with E-state index in [1.54, 1.807) is 0 Å². The second-order valence-electron chi connectivity index (χ2n) is 9.02. The van der Waals surface area contributed by atoms with Crippen LogP contribution in [0.1, 0.15) is 68.8 Å². The van der Waals surface area contributed by atoms with Gasteiger partial charge in [-0.3, -0.25) is 9.89 Å². The lowest BCUT2D eigenvalue weighted by Gasteiger charge is -2.28. The van der Waals surface area contributed by atoms with E-state index >= 15 is 0 Å². The molecule has 2 aromatic heterocycles. The van der Waals surface area contributed by atoms with Crippen LogP contribution in [-0.4, -0.2) is 56.6 Å². The third-order valence-corrected chi connectivity index (χ3v) is 6.60. The Kier molecular flexibility index (Phi) is 5.08. The number of H-pyrrole nitrogens is 1. The molecule has 3 aliphatic rings. The first-order valence-electron chi connectivity index (χ1n) is 11.4. The number of anilines is 3. The SMILES string of the molecule is CC(C)c1cc(Nc2nc(N3CCC[C@@H]3C(=O)N3CCCC3)nc3c2CCC3)n[nH]1. The zero-order valence-electron chi connectivity index (χ0n) is 17.9. The number of hydrogen-bond acceptors (Lipinski definition) is 6. The van der Waals surface area contributed by atoms with Crippen molar-refractivity contribution in [3.8, 4) is 0 Å². The molecule has 0 spiro atoms. The second-order valence-corrected chi connectivity index (χ2v) is 9.02. The normalized spacial score (nSPS) is 21.0. The Balaban J connectivity index is 1.43. The third kappa shape index (κ3) is 3.52. The first-order chi connectivity index (χ1) is 14.6. The van der Waals surface area contributed by atoms with Crippen LogP contribution in [-0.2, 0) is 17.6 Å². The minimum absolute atomic E-state index is 0.131. The Morgan fingerprint density at radius 3 is 2.73 bits per heavy atom. The van der Waals surface area contributed by atoms with Crippen LogP contribution < -0.4 is 10.2 Å². The minimum atomic E-state index is -0.131. The number of aryl methyl sites for hydroxylation is 1. The fourth-order valence-electron chi connectivity index (χ4n) is 4.88. The standard InChI is InChI=1S/C22H31N7O/c1-14(2)17-13-19(27-26-17)24-20-15-7-5-8-16(15)23-22(25-20)29-12-6-9-18(29)21(30)28-10-3-4-11-28/h13-14,18H,3-12H2,1-2H3,(H2,23,24,25,26,27)/t18-/m1/s1. The number of hydrogen-bond donors (Lipinski definition) is 2. The molecule has 2 aliphatic heterocycles. The highest BCUT2D eigenvalue weighted by atomic mass is 16.2. The molecule has 160 valence electrons. The first kappa shape index (κ1) is 19.3. The van der Waals surface area contributed by atoms with E-state index in [1.165, 1.54) is 5.56 Å². The fraction of sp³-hybridized carbons (Fsp3) is 0.636. The Hall–Kier alpha value is -2.64. The van der Waals surface area contributed by atoms with Gasteiger partial charge in [0.1, 0.15) is 11.9 Å². The third-order valence-electron chi connectivity index (χ3n) is 6.60. The number of rotatable bonds is 5. The quantitative estimate of drug-likeness (QED) is 0.788. The van der Waals surface area contributed by atoms with Crippen molar-refractivity contribution in [1.82, 2.24) is 25.1 Å². The van der Waals surface area contributed by atoms with E-state index in [2.05, 4.69) is 34.3 Å². The lowest BCUT2D eigenvalue weighted by molar-refractivity contribution is -0.131. The summed E-state index contributed by atoms with van der Waals surface area (Å²) >= 11 is 0. The minimum Gasteiger partial charge on any atom is -0.341 e. The van der Waals surface area contributed by atoms with Crippen molar-refractivity contribution in [3.05, 3.63) is 23.0 Å². The highest BCUT2D eigenvalue weighted by molar-refractivity contribution is 5.85. The molecule has 2 fully saturated rings. The van der Waals surface area contributed by atoms with E-state index in [-0.39, 0.29) is 11.9 Å². The number of likely N-dealkylation sites (tertiary alicyclic amines) is 1. The van der Waals surface area contributed by atoms with Crippen molar-refractivity contribution in [1.29, 1.82) is 0 Å². The molecule has 1 amide bonds. The first-order valence-corrected chi connectivity index (χ1v) is 11.4.